The maximum atomic E-state index is 12.4. The molecule has 0 saturated carbocycles. The summed E-state index contributed by atoms with van der Waals surface area (Å²) in [5, 5.41) is 1.79. The first-order chi connectivity index (χ1) is 9.16. The molecule has 0 radical (unpaired) electrons. The second-order valence-corrected chi connectivity index (χ2v) is 5.54. The zero-order valence-corrected chi connectivity index (χ0v) is 11.3. The molecule has 0 aliphatic carbocycles. The summed E-state index contributed by atoms with van der Waals surface area (Å²) in [6.07, 6.45) is 0. The van der Waals surface area contributed by atoms with Crippen molar-refractivity contribution >= 4 is 34.1 Å². The minimum absolute atomic E-state index is 0.100. The summed E-state index contributed by atoms with van der Waals surface area (Å²) in [5.41, 5.74) is 3.38. The van der Waals surface area contributed by atoms with Gasteiger partial charge in [0.15, 0.2) is 5.11 Å². The standard InChI is InChI=1S/C14H13N3OS/c1-16-13(18)9-6-17(14(16)19)7-11-12(9)8-4-2-3-5-10(8)15-11/h2-5,9,15H,6-7H2,1H3. The Labute approximate surface area is 116 Å². The van der Waals surface area contributed by atoms with E-state index in [9.17, 15) is 4.79 Å². The Bertz CT molecular complexity index is 721. The summed E-state index contributed by atoms with van der Waals surface area (Å²) in [6.45, 7) is 1.47. The van der Waals surface area contributed by atoms with Crippen molar-refractivity contribution < 1.29 is 4.79 Å². The number of hydrogen-bond acceptors (Lipinski definition) is 2. The molecule has 1 fully saturated rings. The lowest BCUT2D eigenvalue weighted by molar-refractivity contribution is -0.130. The molecule has 5 heteroatoms. The van der Waals surface area contributed by atoms with Crippen molar-refractivity contribution in [3.8, 4) is 0 Å². The van der Waals surface area contributed by atoms with Gasteiger partial charge in [-0.2, -0.15) is 0 Å². The van der Waals surface area contributed by atoms with Gasteiger partial charge in [-0.1, -0.05) is 18.2 Å². The van der Waals surface area contributed by atoms with E-state index in [0.29, 0.717) is 11.7 Å². The predicted octanol–water partition coefficient (Wildman–Crippen LogP) is 1.82. The average molecular weight is 271 g/mol. The minimum atomic E-state index is -0.100. The van der Waals surface area contributed by atoms with Crippen LogP contribution in [0.2, 0.25) is 0 Å². The van der Waals surface area contributed by atoms with Gasteiger partial charge >= 0.3 is 0 Å². The van der Waals surface area contributed by atoms with Crippen molar-refractivity contribution in [2.75, 3.05) is 13.6 Å². The normalized spacial score (nSPS) is 22.1. The van der Waals surface area contributed by atoms with E-state index in [1.165, 1.54) is 0 Å². The van der Waals surface area contributed by atoms with Gasteiger partial charge in [-0.3, -0.25) is 9.69 Å². The molecular formula is C14H13N3OS. The zero-order valence-electron chi connectivity index (χ0n) is 10.5. The van der Waals surface area contributed by atoms with Gasteiger partial charge in [0, 0.05) is 30.2 Å². The van der Waals surface area contributed by atoms with Crippen LogP contribution >= 0.6 is 12.2 Å². The smallest absolute Gasteiger partial charge is 0.237 e. The highest BCUT2D eigenvalue weighted by molar-refractivity contribution is 7.80. The van der Waals surface area contributed by atoms with E-state index >= 15 is 0 Å². The van der Waals surface area contributed by atoms with Gasteiger partial charge in [-0.25, -0.2) is 0 Å². The molecule has 3 heterocycles. The quantitative estimate of drug-likeness (QED) is 0.743. The highest BCUT2D eigenvalue weighted by atomic mass is 32.1. The zero-order chi connectivity index (χ0) is 13.1. The van der Waals surface area contributed by atoms with Crippen LogP contribution in [0.3, 0.4) is 0 Å². The average Bonchev–Trinajstić information content (AvgIpc) is 2.80. The van der Waals surface area contributed by atoms with E-state index in [2.05, 4.69) is 22.0 Å². The van der Waals surface area contributed by atoms with E-state index in [4.69, 9.17) is 12.2 Å². The number of likely N-dealkylation sites (N-methyl/N-ethyl adjacent to an activating group) is 1. The number of thiocarbonyl (C=S) groups is 1. The van der Waals surface area contributed by atoms with Gasteiger partial charge in [-0.05, 0) is 23.8 Å². The Morgan fingerprint density at radius 1 is 1.37 bits per heavy atom. The molecule has 1 N–H and O–H groups in total. The molecule has 4 rings (SSSR count). The number of H-pyrrole nitrogens is 1. The van der Waals surface area contributed by atoms with Crippen LogP contribution in [0.5, 0.6) is 0 Å². The molecule has 1 saturated heterocycles. The summed E-state index contributed by atoms with van der Waals surface area (Å²) in [7, 11) is 1.77. The van der Waals surface area contributed by atoms with Gasteiger partial charge in [0.05, 0.1) is 12.5 Å². The van der Waals surface area contributed by atoms with E-state index in [0.717, 1.165) is 28.7 Å². The van der Waals surface area contributed by atoms with Crippen molar-refractivity contribution in [1.29, 1.82) is 0 Å². The molecule has 2 aliphatic rings. The number of hydrogen-bond donors (Lipinski definition) is 1. The lowest BCUT2D eigenvalue weighted by atomic mass is 9.89. The number of fused-ring (bicyclic) bond motifs is 6. The Morgan fingerprint density at radius 3 is 3.00 bits per heavy atom. The lowest BCUT2D eigenvalue weighted by Gasteiger charge is -2.42. The van der Waals surface area contributed by atoms with Crippen LogP contribution in [-0.4, -0.2) is 39.4 Å². The second kappa shape index (κ2) is 3.57. The third-order valence-electron chi connectivity index (χ3n) is 4.11. The number of nitrogens with zero attached hydrogens (tertiary/aromatic N) is 2. The largest absolute Gasteiger partial charge is 0.357 e. The van der Waals surface area contributed by atoms with Gasteiger partial charge in [0.1, 0.15) is 0 Å². The topological polar surface area (TPSA) is 39.3 Å². The van der Waals surface area contributed by atoms with E-state index in [1.54, 1.807) is 11.9 Å². The fraction of sp³-hybridized carbons (Fsp3) is 0.286. The third kappa shape index (κ3) is 1.33. The molecular weight excluding hydrogens is 258 g/mol. The van der Waals surface area contributed by atoms with Crippen molar-refractivity contribution in [2.24, 2.45) is 0 Å². The van der Waals surface area contributed by atoms with Crippen molar-refractivity contribution in [3.05, 3.63) is 35.5 Å². The van der Waals surface area contributed by atoms with Crippen molar-refractivity contribution in [2.45, 2.75) is 12.5 Å². The Kier molecular flexibility index (Phi) is 2.07. The fourth-order valence-corrected chi connectivity index (χ4v) is 3.43. The predicted molar refractivity (Wildman–Crippen MR) is 76.8 cm³/mol. The number of carbonyl (C=O) groups is 1. The number of nitrogens with one attached hydrogen (secondary N) is 1. The first-order valence-corrected chi connectivity index (χ1v) is 6.73. The minimum Gasteiger partial charge on any atom is -0.357 e. The highest BCUT2D eigenvalue weighted by Gasteiger charge is 2.41. The van der Waals surface area contributed by atoms with Crippen LogP contribution < -0.4 is 0 Å². The molecule has 0 spiro atoms. The van der Waals surface area contributed by atoms with Gasteiger partial charge in [-0.15, -0.1) is 0 Å². The summed E-state index contributed by atoms with van der Waals surface area (Å²) in [6, 6.07) is 8.17. The van der Waals surface area contributed by atoms with Crippen LogP contribution in [0.25, 0.3) is 10.9 Å². The Hall–Kier alpha value is -1.88. The number of carbonyl (C=O) groups excluding carboxylic acids is 1. The summed E-state index contributed by atoms with van der Waals surface area (Å²) in [5.74, 6) is 0.00329. The Morgan fingerprint density at radius 2 is 2.16 bits per heavy atom. The van der Waals surface area contributed by atoms with Gasteiger partial charge in [0.2, 0.25) is 5.91 Å². The highest BCUT2D eigenvalue weighted by Crippen LogP contribution is 2.38. The summed E-state index contributed by atoms with van der Waals surface area (Å²) < 4.78 is 0. The SMILES string of the molecule is CN1C(=O)C2CN(Cc3[nH]c4ccccc4c32)C1=S. The van der Waals surface area contributed by atoms with Crippen molar-refractivity contribution in [3.63, 3.8) is 0 Å². The number of rotatable bonds is 0. The van der Waals surface area contributed by atoms with Crippen molar-refractivity contribution in [1.82, 2.24) is 14.8 Å². The molecule has 1 unspecified atom stereocenters. The number of para-hydroxylation sites is 1. The van der Waals surface area contributed by atoms with E-state index in [1.807, 2.05) is 12.1 Å². The fourth-order valence-electron chi connectivity index (χ4n) is 3.20. The first kappa shape index (κ1) is 11.0. The van der Waals surface area contributed by atoms with Gasteiger partial charge < -0.3 is 9.88 Å². The number of benzene rings is 1. The molecule has 96 valence electrons. The Balaban J connectivity index is 1.98. The third-order valence-corrected chi connectivity index (χ3v) is 4.65. The number of aromatic amines is 1. The van der Waals surface area contributed by atoms with E-state index in [-0.39, 0.29) is 11.8 Å². The van der Waals surface area contributed by atoms with Crippen LogP contribution in [0.15, 0.2) is 24.3 Å². The molecule has 2 aliphatic heterocycles. The number of amides is 1. The molecule has 1 aromatic heterocycles. The van der Waals surface area contributed by atoms with E-state index < -0.39 is 0 Å². The monoisotopic (exact) mass is 271 g/mol. The molecule has 4 nitrogen and oxygen atoms in total. The molecule has 1 aromatic carbocycles. The van der Waals surface area contributed by atoms with Crippen LogP contribution in [0, 0.1) is 0 Å². The molecule has 1 atom stereocenters. The van der Waals surface area contributed by atoms with Crippen LogP contribution in [0.1, 0.15) is 17.2 Å². The van der Waals surface area contributed by atoms with Crippen LogP contribution in [0.4, 0.5) is 0 Å². The summed E-state index contributed by atoms with van der Waals surface area (Å²) in [4.78, 5) is 19.6. The van der Waals surface area contributed by atoms with Crippen LogP contribution in [-0.2, 0) is 11.3 Å². The lowest BCUT2D eigenvalue weighted by Crippen LogP contribution is -2.55. The first-order valence-electron chi connectivity index (χ1n) is 6.33. The molecule has 2 bridgehead atoms. The summed E-state index contributed by atoms with van der Waals surface area (Å²) >= 11 is 5.34. The molecule has 19 heavy (non-hydrogen) atoms. The second-order valence-electron chi connectivity index (χ2n) is 5.18. The molecule has 2 aromatic rings. The number of aromatic nitrogens is 1. The maximum absolute atomic E-state index is 12.4. The maximum Gasteiger partial charge on any atom is 0.237 e. The molecule has 1 amide bonds. The van der Waals surface area contributed by atoms with Gasteiger partial charge in [0.25, 0.3) is 0 Å².